The van der Waals surface area contributed by atoms with Crippen molar-refractivity contribution in [3.63, 3.8) is 0 Å². The molecule has 0 bridgehead atoms. The Bertz CT molecular complexity index is 1060. The number of hydrogen-bond donors (Lipinski definition) is 9. The second-order valence-corrected chi connectivity index (χ2v) is 8.27. The normalized spacial score (nSPS) is 13.7. The molecule has 0 saturated heterocycles. The van der Waals surface area contributed by atoms with Crippen LogP contribution in [0.4, 0.5) is 0 Å². The lowest BCUT2D eigenvalue weighted by Crippen LogP contribution is -2.58. The highest BCUT2D eigenvalue weighted by molar-refractivity contribution is 5.96. The van der Waals surface area contributed by atoms with Crippen LogP contribution >= 0.6 is 0 Å². The number of nitrogens with one attached hydrogen (secondary N) is 3. The lowest BCUT2D eigenvalue weighted by Gasteiger charge is -2.24. The number of aromatic hydroxyl groups is 1. The Labute approximate surface area is 215 Å². The number of amides is 5. The van der Waals surface area contributed by atoms with E-state index in [1.165, 1.54) is 24.3 Å². The van der Waals surface area contributed by atoms with Crippen molar-refractivity contribution in [1.82, 2.24) is 16.0 Å². The molecule has 0 aromatic heterocycles. The van der Waals surface area contributed by atoms with Gasteiger partial charge in [-0.15, -0.1) is 0 Å². The van der Waals surface area contributed by atoms with Crippen molar-refractivity contribution in [1.29, 1.82) is 0 Å². The molecule has 5 amide bonds. The maximum atomic E-state index is 13.1. The van der Waals surface area contributed by atoms with Crippen LogP contribution in [0.5, 0.6) is 5.75 Å². The summed E-state index contributed by atoms with van der Waals surface area (Å²) in [5.74, 6) is -7.92. The second-order valence-electron chi connectivity index (χ2n) is 8.27. The summed E-state index contributed by atoms with van der Waals surface area (Å²) in [4.78, 5) is 83.1. The standard InChI is InChI=1S/C22H30N6O10/c23-12(8-16(24)30)19(34)27-14(7-10-1-3-11(29)4-2-10)20(35)28-15(9-17(25)31)21(36)26-13(22(37)38)5-6-18(32)33/h1-4,12-15,29H,5-9,23H2,(H2,24,30)(H2,25,31)(H,26,36)(H,27,34)(H,28,35)(H,32,33)(H,37,38). The van der Waals surface area contributed by atoms with Crippen molar-refractivity contribution >= 4 is 41.5 Å². The molecule has 16 heteroatoms. The molecule has 16 nitrogen and oxygen atoms in total. The molecule has 4 unspecified atom stereocenters. The quantitative estimate of drug-likeness (QED) is 0.0990. The number of carboxylic acids is 2. The van der Waals surface area contributed by atoms with E-state index in [0.717, 1.165) is 0 Å². The average molecular weight is 539 g/mol. The molecule has 1 aromatic carbocycles. The van der Waals surface area contributed by atoms with Gasteiger partial charge < -0.3 is 48.5 Å². The van der Waals surface area contributed by atoms with Gasteiger partial charge in [0.25, 0.3) is 0 Å². The number of carboxylic acid groups (broad SMARTS) is 2. The van der Waals surface area contributed by atoms with Gasteiger partial charge in [-0.05, 0) is 24.1 Å². The van der Waals surface area contributed by atoms with Gasteiger partial charge in [-0.25, -0.2) is 4.79 Å². The average Bonchev–Trinajstić information content (AvgIpc) is 2.80. The van der Waals surface area contributed by atoms with Crippen LogP contribution in [0.15, 0.2) is 24.3 Å². The zero-order chi connectivity index (χ0) is 29.0. The van der Waals surface area contributed by atoms with Gasteiger partial charge in [0.1, 0.15) is 23.9 Å². The number of rotatable bonds is 16. The fraction of sp³-hybridized carbons (Fsp3) is 0.409. The van der Waals surface area contributed by atoms with E-state index in [2.05, 4.69) is 10.6 Å². The molecule has 38 heavy (non-hydrogen) atoms. The van der Waals surface area contributed by atoms with E-state index >= 15 is 0 Å². The van der Waals surface area contributed by atoms with E-state index in [1.54, 1.807) is 0 Å². The van der Waals surface area contributed by atoms with Gasteiger partial charge >= 0.3 is 11.9 Å². The van der Waals surface area contributed by atoms with E-state index < -0.39 is 91.3 Å². The van der Waals surface area contributed by atoms with E-state index in [4.69, 9.17) is 22.3 Å². The molecule has 208 valence electrons. The summed E-state index contributed by atoms with van der Waals surface area (Å²) in [5, 5.41) is 34.1. The zero-order valence-electron chi connectivity index (χ0n) is 20.1. The lowest BCUT2D eigenvalue weighted by molar-refractivity contribution is -0.143. The Morgan fingerprint density at radius 2 is 1.24 bits per heavy atom. The largest absolute Gasteiger partial charge is 0.508 e. The predicted octanol–water partition coefficient (Wildman–Crippen LogP) is -3.58. The molecule has 12 N–H and O–H groups in total. The van der Waals surface area contributed by atoms with Crippen molar-refractivity contribution in [2.75, 3.05) is 0 Å². The predicted molar refractivity (Wildman–Crippen MR) is 128 cm³/mol. The van der Waals surface area contributed by atoms with Crippen molar-refractivity contribution < 1.29 is 48.9 Å². The number of primary amides is 2. The molecular weight excluding hydrogens is 508 g/mol. The molecule has 0 aliphatic heterocycles. The second kappa shape index (κ2) is 14.7. The van der Waals surface area contributed by atoms with Gasteiger partial charge in [-0.3, -0.25) is 28.8 Å². The first kappa shape index (κ1) is 31.3. The lowest BCUT2D eigenvalue weighted by atomic mass is 10.0. The number of benzene rings is 1. The summed E-state index contributed by atoms with van der Waals surface area (Å²) in [6.45, 7) is 0. The minimum Gasteiger partial charge on any atom is -0.508 e. The Morgan fingerprint density at radius 3 is 1.74 bits per heavy atom. The third kappa shape index (κ3) is 11.3. The minimum absolute atomic E-state index is 0.0728. The number of aliphatic carboxylic acids is 2. The maximum absolute atomic E-state index is 13.1. The van der Waals surface area contributed by atoms with Gasteiger partial charge in [0, 0.05) is 12.8 Å². The van der Waals surface area contributed by atoms with Gasteiger partial charge in [0.2, 0.25) is 29.5 Å². The smallest absolute Gasteiger partial charge is 0.326 e. The Kier molecular flexibility index (Phi) is 12.1. The molecule has 1 rings (SSSR count). The number of phenolic OH excluding ortho intramolecular Hbond substituents is 1. The third-order valence-corrected chi connectivity index (χ3v) is 5.07. The molecule has 0 aliphatic rings. The molecule has 0 fully saturated rings. The van der Waals surface area contributed by atoms with E-state index in [1.807, 2.05) is 5.32 Å². The van der Waals surface area contributed by atoms with Gasteiger partial charge in [-0.1, -0.05) is 12.1 Å². The van der Waals surface area contributed by atoms with E-state index in [0.29, 0.717) is 5.56 Å². The number of nitrogens with two attached hydrogens (primary N) is 3. The van der Waals surface area contributed by atoms with Crippen LogP contribution < -0.4 is 33.2 Å². The van der Waals surface area contributed by atoms with Crippen LogP contribution in [-0.2, 0) is 40.0 Å². The van der Waals surface area contributed by atoms with Crippen molar-refractivity contribution in [2.24, 2.45) is 17.2 Å². The Hall–Kier alpha value is -4.73. The van der Waals surface area contributed by atoms with Crippen molar-refractivity contribution in [3.05, 3.63) is 29.8 Å². The Balaban J connectivity index is 3.15. The molecule has 1 aromatic rings. The van der Waals surface area contributed by atoms with E-state index in [9.17, 15) is 43.8 Å². The monoisotopic (exact) mass is 538 g/mol. The molecule has 0 saturated carbocycles. The SMILES string of the molecule is NC(=O)CC(N)C(=O)NC(Cc1ccc(O)cc1)C(=O)NC(CC(N)=O)C(=O)NC(CCC(=O)O)C(=O)O. The summed E-state index contributed by atoms with van der Waals surface area (Å²) in [5.41, 5.74) is 16.3. The van der Waals surface area contributed by atoms with Crippen molar-refractivity contribution in [3.8, 4) is 5.75 Å². The number of hydrogen-bond acceptors (Lipinski definition) is 9. The summed E-state index contributed by atoms with van der Waals surface area (Å²) in [7, 11) is 0. The first-order chi connectivity index (χ1) is 17.7. The molecule has 0 aliphatic carbocycles. The maximum Gasteiger partial charge on any atom is 0.326 e. The van der Waals surface area contributed by atoms with E-state index in [-0.39, 0.29) is 12.2 Å². The van der Waals surface area contributed by atoms with Crippen LogP contribution in [0.1, 0.15) is 31.2 Å². The topological polar surface area (TPSA) is 294 Å². The summed E-state index contributed by atoms with van der Waals surface area (Å²) in [6.07, 6.45) is -2.55. The number of carbonyl (C=O) groups excluding carboxylic acids is 5. The summed E-state index contributed by atoms with van der Waals surface area (Å²) >= 11 is 0. The first-order valence-electron chi connectivity index (χ1n) is 11.1. The van der Waals surface area contributed by atoms with Gasteiger partial charge in [0.05, 0.1) is 18.9 Å². The number of carbonyl (C=O) groups is 7. The summed E-state index contributed by atoms with van der Waals surface area (Å²) in [6, 6.07) is -0.642. The van der Waals surface area contributed by atoms with Gasteiger partial charge in [0.15, 0.2) is 0 Å². The van der Waals surface area contributed by atoms with Crippen LogP contribution in [0.3, 0.4) is 0 Å². The van der Waals surface area contributed by atoms with Crippen LogP contribution in [0, 0.1) is 0 Å². The molecule has 0 spiro atoms. The van der Waals surface area contributed by atoms with Crippen LogP contribution in [0.2, 0.25) is 0 Å². The third-order valence-electron chi connectivity index (χ3n) is 5.07. The minimum atomic E-state index is -1.69. The molecular formula is C22H30N6O10. The Morgan fingerprint density at radius 1 is 0.737 bits per heavy atom. The molecule has 0 radical (unpaired) electrons. The summed E-state index contributed by atoms with van der Waals surface area (Å²) < 4.78 is 0. The van der Waals surface area contributed by atoms with Gasteiger partial charge in [-0.2, -0.15) is 0 Å². The zero-order valence-corrected chi connectivity index (χ0v) is 20.1. The van der Waals surface area contributed by atoms with Crippen molar-refractivity contribution in [2.45, 2.75) is 56.3 Å². The fourth-order valence-corrected chi connectivity index (χ4v) is 3.15. The van der Waals surface area contributed by atoms with Crippen LogP contribution in [-0.4, -0.2) is 81.0 Å². The van der Waals surface area contributed by atoms with Crippen LogP contribution in [0.25, 0.3) is 0 Å². The highest BCUT2D eigenvalue weighted by Gasteiger charge is 2.31. The fourth-order valence-electron chi connectivity index (χ4n) is 3.15. The number of phenols is 1. The molecule has 0 heterocycles. The highest BCUT2D eigenvalue weighted by atomic mass is 16.4. The molecule has 4 atom stereocenters. The highest BCUT2D eigenvalue weighted by Crippen LogP contribution is 2.12. The first-order valence-corrected chi connectivity index (χ1v) is 11.1.